The number of rotatable bonds is 2. The summed E-state index contributed by atoms with van der Waals surface area (Å²) in [6, 6.07) is 7.97. The highest BCUT2D eigenvalue weighted by Gasteiger charge is 2.25. The number of nitriles is 1. The average Bonchev–Trinajstić information content (AvgIpc) is 2.46. The Balaban J connectivity index is 2.10. The first kappa shape index (κ1) is 13.9. The quantitative estimate of drug-likeness (QED) is 0.909. The molecular formula is C14H16BrN3O. The van der Waals surface area contributed by atoms with E-state index >= 15 is 0 Å². The van der Waals surface area contributed by atoms with Crippen LogP contribution in [0.25, 0.3) is 0 Å². The second-order valence-corrected chi connectivity index (χ2v) is 5.56. The first-order chi connectivity index (χ1) is 9.15. The fraction of sp³-hybridized carbons (Fsp3) is 0.429. The zero-order chi connectivity index (χ0) is 13.8. The lowest BCUT2D eigenvalue weighted by Gasteiger charge is -2.33. The molecule has 1 aliphatic heterocycles. The Hall–Kier alpha value is -1.54. The number of carbonyl (C=O) groups is 1. The van der Waals surface area contributed by atoms with Crippen LogP contribution in [0.2, 0.25) is 0 Å². The molecule has 0 spiro atoms. The summed E-state index contributed by atoms with van der Waals surface area (Å²) >= 11 is 3.38. The van der Waals surface area contributed by atoms with Crippen LogP contribution in [0.3, 0.4) is 0 Å². The van der Waals surface area contributed by atoms with Gasteiger partial charge in [-0.3, -0.25) is 4.79 Å². The molecule has 100 valence electrons. The normalized spacial score (nSPS) is 15.9. The standard InChI is InChI=1S/C14H16BrN3O/c1-17-14(19)10-4-6-18(7-5-10)13-3-2-12(15)8-11(13)9-16/h2-3,8,10H,4-7H2,1H3,(H,17,19). The van der Waals surface area contributed by atoms with Gasteiger partial charge in [0.15, 0.2) is 0 Å². The van der Waals surface area contributed by atoms with Crippen LogP contribution in [0.5, 0.6) is 0 Å². The topological polar surface area (TPSA) is 56.1 Å². The van der Waals surface area contributed by atoms with Crippen molar-refractivity contribution in [3.8, 4) is 6.07 Å². The fourth-order valence-corrected chi connectivity index (χ4v) is 2.82. The number of amides is 1. The van der Waals surface area contributed by atoms with Crippen molar-refractivity contribution in [3.63, 3.8) is 0 Å². The van der Waals surface area contributed by atoms with Crippen LogP contribution in [-0.4, -0.2) is 26.0 Å². The van der Waals surface area contributed by atoms with Crippen LogP contribution in [0.4, 0.5) is 5.69 Å². The van der Waals surface area contributed by atoms with E-state index in [-0.39, 0.29) is 11.8 Å². The lowest BCUT2D eigenvalue weighted by molar-refractivity contribution is -0.125. The number of halogens is 1. The Morgan fingerprint density at radius 1 is 1.47 bits per heavy atom. The van der Waals surface area contributed by atoms with Crippen molar-refractivity contribution < 1.29 is 4.79 Å². The molecular weight excluding hydrogens is 306 g/mol. The molecule has 2 rings (SSSR count). The van der Waals surface area contributed by atoms with Crippen LogP contribution in [-0.2, 0) is 4.79 Å². The highest BCUT2D eigenvalue weighted by atomic mass is 79.9. The minimum absolute atomic E-state index is 0.0993. The molecule has 1 heterocycles. The number of hydrogen-bond donors (Lipinski definition) is 1. The molecule has 1 aromatic carbocycles. The van der Waals surface area contributed by atoms with E-state index in [1.54, 1.807) is 7.05 Å². The molecule has 1 amide bonds. The van der Waals surface area contributed by atoms with Gasteiger partial charge in [-0.1, -0.05) is 15.9 Å². The zero-order valence-electron chi connectivity index (χ0n) is 10.8. The maximum Gasteiger partial charge on any atom is 0.222 e. The highest BCUT2D eigenvalue weighted by molar-refractivity contribution is 9.10. The van der Waals surface area contributed by atoms with Gasteiger partial charge in [0, 0.05) is 30.5 Å². The van der Waals surface area contributed by atoms with Gasteiger partial charge >= 0.3 is 0 Å². The molecule has 19 heavy (non-hydrogen) atoms. The van der Waals surface area contributed by atoms with Gasteiger partial charge in [0.1, 0.15) is 6.07 Å². The van der Waals surface area contributed by atoms with Gasteiger partial charge in [0.2, 0.25) is 5.91 Å². The van der Waals surface area contributed by atoms with E-state index in [4.69, 9.17) is 0 Å². The molecule has 1 aliphatic rings. The molecule has 0 aliphatic carbocycles. The van der Waals surface area contributed by atoms with E-state index in [0.717, 1.165) is 36.1 Å². The van der Waals surface area contributed by atoms with Gasteiger partial charge < -0.3 is 10.2 Å². The van der Waals surface area contributed by atoms with Gasteiger partial charge in [-0.05, 0) is 31.0 Å². The van der Waals surface area contributed by atoms with Crippen LogP contribution in [0.1, 0.15) is 18.4 Å². The van der Waals surface area contributed by atoms with Gasteiger partial charge in [-0.25, -0.2) is 0 Å². The largest absolute Gasteiger partial charge is 0.370 e. The summed E-state index contributed by atoms with van der Waals surface area (Å²) in [7, 11) is 1.68. The number of carbonyl (C=O) groups excluding carboxylic acids is 1. The van der Waals surface area contributed by atoms with Crippen molar-refractivity contribution >= 4 is 27.5 Å². The van der Waals surface area contributed by atoms with Crippen molar-refractivity contribution in [3.05, 3.63) is 28.2 Å². The first-order valence-corrected chi connectivity index (χ1v) is 7.11. The van der Waals surface area contributed by atoms with E-state index < -0.39 is 0 Å². The van der Waals surface area contributed by atoms with Gasteiger partial charge in [0.25, 0.3) is 0 Å². The Morgan fingerprint density at radius 2 is 2.16 bits per heavy atom. The minimum Gasteiger partial charge on any atom is -0.370 e. The Bertz CT molecular complexity index is 516. The number of hydrogen-bond acceptors (Lipinski definition) is 3. The third-order valence-electron chi connectivity index (χ3n) is 3.53. The molecule has 5 heteroatoms. The number of nitrogens with one attached hydrogen (secondary N) is 1. The summed E-state index contributed by atoms with van der Waals surface area (Å²) in [5.41, 5.74) is 1.63. The number of nitrogens with zero attached hydrogens (tertiary/aromatic N) is 2. The Kier molecular flexibility index (Phi) is 4.43. The van der Waals surface area contributed by atoms with Crippen LogP contribution in [0, 0.1) is 17.2 Å². The number of piperidine rings is 1. The van der Waals surface area contributed by atoms with Crippen molar-refractivity contribution in [2.45, 2.75) is 12.8 Å². The SMILES string of the molecule is CNC(=O)C1CCN(c2ccc(Br)cc2C#N)CC1. The van der Waals surface area contributed by atoms with E-state index in [2.05, 4.69) is 32.2 Å². The lowest BCUT2D eigenvalue weighted by atomic mass is 9.95. The van der Waals surface area contributed by atoms with E-state index in [0.29, 0.717) is 5.56 Å². The van der Waals surface area contributed by atoms with Crippen LogP contribution < -0.4 is 10.2 Å². The van der Waals surface area contributed by atoms with E-state index in [9.17, 15) is 10.1 Å². The number of anilines is 1. The summed E-state index contributed by atoms with van der Waals surface area (Å²) in [5, 5.41) is 11.9. The lowest BCUT2D eigenvalue weighted by Crippen LogP contribution is -2.39. The van der Waals surface area contributed by atoms with Crippen LogP contribution in [0.15, 0.2) is 22.7 Å². The molecule has 1 fully saturated rings. The van der Waals surface area contributed by atoms with Gasteiger partial charge in [-0.15, -0.1) is 0 Å². The summed E-state index contributed by atoms with van der Waals surface area (Å²) in [6.45, 7) is 1.63. The molecule has 1 saturated heterocycles. The minimum atomic E-state index is 0.0993. The van der Waals surface area contributed by atoms with Crippen molar-refractivity contribution in [2.75, 3.05) is 25.0 Å². The second kappa shape index (κ2) is 6.07. The molecule has 0 aromatic heterocycles. The molecule has 1 N–H and O–H groups in total. The average molecular weight is 322 g/mol. The molecule has 4 nitrogen and oxygen atoms in total. The molecule has 0 unspecified atom stereocenters. The first-order valence-electron chi connectivity index (χ1n) is 6.32. The summed E-state index contributed by atoms with van der Waals surface area (Å²) in [5.74, 6) is 0.221. The van der Waals surface area contributed by atoms with Gasteiger partial charge in [-0.2, -0.15) is 5.26 Å². The van der Waals surface area contributed by atoms with Crippen LogP contribution >= 0.6 is 15.9 Å². The third kappa shape index (κ3) is 3.07. The number of benzene rings is 1. The Labute approximate surface area is 121 Å². The summed E-state index contributed by atoms with van der Waals surface area (Å²) in [6.07, 6.45) is 1.67. The molecule has 0 saturated carbocycles. The molecule has 0 atom stereocenters. The van der Waals surface area contributed by atoms with Gasteiger partial charge in [0.05, 0.1) is 11.3 Å². The predicted octanol–water partition coefficient (Wildman–Crippen LogP) is 2.28. The zero-order valence-corrected chi connectivity index (χ0v) is 12.4. The van der Waals surface area contributed by atoms with E-state index in [1.165, 1.54) is 0 Å². The molecule has 0 radical (unpaired) electrons. The maximum atomic E-state index is 11.6. The van der Waals surface area contributed by atoms with E-state index in [1.807, 2.05) is 18.2 Å². The molecule has 1 aromatic rings. The summed E-state index contributed by atoms with van der Waals surface area (Å²) < 4.78 is 0.910. The molecule has 0 bridgehead atoms. The third-order valence-corrected chi connectivity index (χ3v) is 4.03. The monoisotopic (exact) mass is 321 g/mol. The Morgan fingerprint density at radius 3 is 2.74 bits per heavy atom. The predicted molar refractivity (Wildman–Crippen MR) is 77.9 cm³/mol. The highest BCUT2D eigenvalue weighted by Crippen LogP contribution is 2.28. The van der Waals surface area contributed by atoms with Crippen molar-refractivity contribution in [2.24, 2.45) is 5.92 Å². The van der Waals surface area contributed by atoms with Crippen molar-refractivity contribution in [1.82, 2.24) is 5.32 Å². The summed E-state index contributed by atoms with van der Waals surface area (Å²) in [4.78, 5) is 13.8. The fourth-order valence-electron chi connectivity index (χ4n) is 2.46. The maximum absolute atomic E-state index is 11.6. The second-order valence-electron chi connectivity index (χ2n) is 4.65. The van der Waals surface area contributed by atoms with Crippen molar-refractivity contribution in [1.29, 1.82) is 5.26 Å². The smallest absolute Gasteiger partial charge is 0.222 e.